The lowest BCUT2D eigenvalue weighted by Crippen LogP contribution is -2.49. The highest BCUT2D eigenvalue weighted by Crippen LogP contribution is 2.20. The van der Waals surface area contributed by atoms with Crippen molar-refractivity contribution in [3.63, 3.8) is 0 Å². The first-order valence-electron chi connectivity index (χ1n) is 6.97. The highest BCUT2D eigenvalue weighted by molar-refractivity contribution is 5.84. The second-order valence-corrected chi connectivity index (χ2v) is 5.11. The Morgan fingerprint density at radius 3 is 2.84 bits per heavy atom. The Morgan fingerprint density at radius 1 is 1.47 bits per heavy atom. The van der Waals surface area contributed by atoms with Gasteiger partial charge in [-0.1, -0.05) is 30.3 Å². The average molecular weight is 261 g/mol. The van der Waals surface area contributed by atoms with Crippen LogP contribution in [0.15, 0.2) is 30.3 Å². The lowest BCUT2D eigenvalue weighted by atomic mass is 9.96. The number of amides is 1. The van der Waals surface area contributed by atoms with Gasteiger partial charge in [-0.3, -0.25) is 4.79 Å². The molecule has 0 spiro atoms. The van der Waals surface area contributed by atoms with Crippen LogP contribution in [0.2, 0.25) is 0 Å². The van der Waals surface area contributed by atoms with Crippen molar-refractivity contribution in [2.45, 2.75) is 24.8 Å². The molecule has 1 amide bonds. The van der Waals surface area contributed by atoms with Gasteiger partial charge < -0.3 is 16.0 Å². The fourth-order valence-corrected chi connectivity index (χ4v) is 2.70. The first kappa shape index (κ1) is 14.0. The van der Waals surface area contributed by atoms with Gasteiger partial charge in [-0.2, -0.15) is 0 Å². The third kappa shape index (κ3) is 3.33. The molecule has 0 bridgehead atoms. The molecule has 2 rings (SSSR count). The summed E-state index contributed by atoms with van der Waals surface area (Å²) in [4.78, 5) is 14.6. The topological polar surface area (TPSA) is 58.4 Å². The van der Waals surface area contributed by atoms with Gasteiger partial charge in [-0.25, -0.2) is 0 Å². The van der Waals surface area contributed by atoms with Crippen molar-refractivity contribution in [3.05, 3.63) is 35.9 Å². The summed E-state index contributed by atoms with van der Waals surface area (Å²) in [5.74, 6) is -0.0505. The number of nitrogens with two attached hydrogens (primary N) is 1. The van der Waals surface area contributed by atoms with Crippen LogP contribution in [0.3, 0.4) is 0 Å². The summed E-state index contributed by atoms with van der Waals surface area (Å²) in [7, 11) is 1.95. The Bertz CT molecular complexity index is 407. The van der Waals surface area contributed by atoms with Crippen LogP contribution in [0.1, 0.15) is 24.3 Å². The summed E-state index contributed by atoms with van der Waals surface area (Å²) in [6, 6.07) is 10.2. The van der Waals surface area contributed by atoms with Gasteiger partial charge in [0.15, 0.2) is 0 Å². The standard InChI is InChI=1S/C15H23N3O/c1-17-13-8-5-9-18(11-13)15(19)14(10-16)12-6-3-2-4-7-12/h2-4,6-7,13-14,17H,5,8-11,16H2,1H3/t13-,14-/m0/s1. The van der Waals surface area contributed by atoms with Gasteiger partial charge in [0.2, 0.25) is 5.91 Å². The van der Waals surface area contributed by atoms with E-state index in [2.05, 4.69) is 5.32 Å². The van der Waals surface area contributed by atoms with Crippen molar-refractivity contribution < 1.29 is 4.79 Å². The molecule has 104 valence electrons. The second kappa shape index (κ2) is 6.68. The van der Waals surface area contributed by atoms with E-state index in [0.29, 0.717) is 12.6 Å². The van der Waals surface area contributed by atoms with Crippen molar-refractivity contribution >= 4 is 5.91 Å². The fourth-order valence-electron chi connectivity index (χ4n) is 2.70. The minimum absolute atomic E-state index is 0.161. The zero-order valence-electron chi connectivity index (χ0n) is 11.5. The van der Waals surface area contributed by atoms with E-state index in [9.17, 15) is 4.79 Å². The molecule has 1 aliphatic heterocycles. The van der Waals surface area contributed by atoms with Crippen LogP contribution in [-0.2, 0) is 4.79 Å². The van der Waals surface area contributed by atoms with E-state index in [1.54, 1.807) is 0 Å². The molecule has 1 heterocycles. The maximum absolute atomic E-state index is 12.6. The van der Waals surface area contributed by atoms with Crippen LogP contribution in [0.5, 0.6) is 0 Å². The number of carbonyl (C=O) groups is 1. The summed E-state index contributed by atoms with van der Waals surface area (Å²) in [5, 5.41) is 3.26. The molecular weight excluding hydrogens is 238 g/mol. The van der Waals surface area contributed by atoms with Crippen LogP contribution in [-0.4, -0.2) is 43.5 Å². The first-order chi connectivity index (χ1) is 9.26. The van der Waals surface area contributed by atoms with Crippen molar-refractivity contribution in [1.29, 1.82) is 0 Å². The molecule has 3 N–H and O–H groups in total. The molecule has 4 heteroatoms. The van der Waals surface area contributed by atoms with Gasteiger partial charge >= 0.3 is 0 Å². The Kier molecular flexibility index (Phi) is 4.93. The van der Waals surface area contributed by atoms with Crippen LogP contribution in [0, 0.1) is 0 Å². The molecule has 1 fully saturated rings. The quantitative estimate of drug-likeness (QED) is 0.848. The smallest absolute Gasteiger partial charge is 0.231 e. The molecule has 1 aromatic rings. The highest BCUT2D eigenvalue weighted by atomic mass is 16.2. The summed E-state index contributed by atoms with van der Waals surface area (Å²) in [6.45, 7) is 2.00. The third-order valence-electron chi connectivity index (χ3n) is 3.88. The molecule has 0 aliphatic carbocycles. The number of rotatable bonds is 4. The molecule has 0 unspecified atom stereocenters. The Labute approximate surface area is 115 Å². The molecule has 1 saturated heterocycles. The highest BCUT2D eigenvalue weighted by Gasteiger charge is 2.28. The first-order valence-corrected chi connectivity index (χ1v) is 6.97. The van der Waals surface area contributed by atoms with E-state index >= 15 is 0 Å². The largest absolute Gasteiger partial charge is 0.341 e. The summed E-state index contributed by atoms with van der Waals surface area (Å²) in [6.07, 6.45) is 2.20. The second-order valence-electron chi connectivity index (χ2n) is 5.11. The van der Waals surface area contributed by atoms with Gasteiger partial charge in [0.05, 0.1) is 5.92 Å². The number of likely N-dealkylation sites (tertiary alicyclic amines) is 1. The van der Waals surface area contributed by atoms with Crippen molar-refractivity contribution in [1.82, 2.24) is 10.2 Å². The number of piperidine rings is 1. The van der Waals surface area contributed by atoms with Gasteiger partial charge in [-0.15, -0.1) is 0 Å². The van der Waals surface area contributed by atoms with E-state index in [1.165, 1.54) is 0 Å². The lowest BCUT2D eigenvalue weighted by Gasteiger charge is -2.34. The fraction of sp³-hybridized carbons (Fsp3) is 0.533. The third-order valence-corrected chi connectivity index (χ3v) is 3.88. The maximum atomic E-state index is 12.6. The molecule has 1 aliphatic rings. The van der Waals surface area contributed by atoms with Crippen LogP contribution < -0.4 is 11.1 Å². The van der Waals surface area contributed by atoms with Crippen molar-refractivity contribution in [2.24, 2.45) is 5.73 Å². The predicted molar refractivity (Wildman–Crippen MR) is 76.9 cm³/mol. The lowest BCUT2D eigenvalue weighted by molar-refractivity contribution is -0.133. The number of nitrogens with zero attached hydrogens (tertiary/aromatic N) is 1. The summed E-state index contributed by atoms with van der Waals surface area (Å²) in [5.41, 5.74) is 6.83. The van der Waals surface area contributed by atoms with Gasteiger partial charge in [-0.05, 0) is 25.5 Å². The number of benzene rings is 1. The molecule has 19 heavy (non-hydrogen) atoms. The van der Waals surface area contributed by atoms with E-state index < -0.39 is 0 Å². The van der Waals surface area contributed by atoms with Crippen molar-refractivity contribution in [2.75, 3.05) is 26.7 Å². The van der Waals surface area contributed by atoms with Gasteiger partial charge in [0, 0.05) is 25.7 Å². The number of hydrogen-bond acceptors (Lipinski definition) is 3. The van der Waals surface area contributed by atoms with E-state index in [-0.39, 0.29) is 11.8 Å². The SMILES string of the molecule is CN[C@H]1CCCN(C(=O)[C@@H](CN)c2ccccc2)C1. The molecule has 2 atom stereocenters. The van der Waals surface area contributed by atoms with Crippen LogP contribution in [0.4, 0.5) is 0 Å². The van der Waals surface area contributed by atoms with Crippen LogP contribution >= 0.6 is 0 Å². The Morgan fingerprint density at radius 2 is 2.21 bits per heavy atom. The Hall–Kier alpha value is -1.39. The molecule has 0 aromatic heterocycles. The number of likely N-dealkylation sites (N-methyl/N-ethyl adjacent to an activating group) is 1. The monoisotopic (exact) mass is 261 g/mol. The summed E-state index contributed by atoms with van der Waals surface area (Å²) < 4.78 is 0. The van der Waals surface area contributed by atoms with Gasteiger partial charge in [0.1, 0.15) is 0 Å². The van der Waals surface area contributed by atoms with Crippen molar-refractivity contribution in [3.8, 4) is 0 Å². The molecule has 0 radical (unpaired) electrons. The number of nitrogens with one attached hydrogen (secondary N) is 1. The Balaban J connectivity index is 2.08. The molecule has 0 saturated carbocycles. The number of hydrogen-bond donors (Lipinski definition) is 2. The van der Waals surface area contributed by atoms with E-state index in [1.807, 2.05) is 42.3 Å². The molecular formula is C15H23N3O. The van der Waals surface area contributed by atoms with Crippen LogP contribution in [0.25, 0.3) is 0 Å². The van der Waals surface area contributed by atoms with E-state index in [4.69, 9.17) is 5.73 Å². The minimum Gasteiger partial charge on any atom is -0.341 e. The number of carbonyl (C=O) groups excluding carboxylic acids is 1. The zero-order valence-corrected chi connectivity index (χ0v) is 11.5. The maximum Gasteiger partial charge on any atom is 0.231 e. The normalized spacial score (nSPS) is 21.2. The van der Waals surface area contributed by atoms with E-state index in [0.717, 1.165) is 31.5 Å². The average Bonchev–Trinajstić information content (AvgIpc) is 2.49. The molecule has 1 aromatic carbocycles. The summed E-state index contributed by atoms with van der Waals surface area (Å²) >= 11 is 0. The minimum atomic E-state index is -0.211. The van der Waals surface area contributed by atoms with Gasteiger partial charge in [0.25, 0.3) is 0 Å². The zero-order chi connectivity index (χ0) is 13.7. The predicted octanol–water partition coefficient (Wildman–Crippen LogP) is 0.939. The molecule has 4 nitrogen and oxygen atoms in total.